The highest BCUT2D eigenvalue weighted by atomic mass is 32.2. The van der Waals surface area contributed by atoms with E-state index in [9.17, 15) is 13.2 Å². The number of benzene rings is 2. The van der Waals surface area contributed by atoms with E-state index in [4.69, 9.17) is 4.74 Å². The van der Waals surface area contributed by atoms with Gasteiger partial charge in [-0.25, -0.2) is 8.42 Å². The van der Waals surface area contributed by atoms with Crippen LogP contribution in [0.25, 0.3) is 0 Å². The van der Waals surface area contributed by atoms with Crippen LogP contribution < -0.4 is 15.5 Å². The topological polar surface area (TPSA) is 91.0 Å². The maximum absolute atomic E-state index is 13.0. The van der Waals surface area contributed by atoms with Crippen molar-refractivity contribution in [2.75, 3.05) is 56.2 Å². The Bertz CT molecular complexity index is 988. The lowest BCUT2D eigenvalue weighted by Gasteiger charge is -2.31. The third-order valence-corrected chi connectivity index (χ3v) is 7.44. The Balaban J connectivity index is 1.79. The molecule has 1 aliphatic heterocycles. The Morgan fingerprint density at radius 3 is 2.41 bits per heavy atom. The molecule has 32 heavy (non-hydrogen) atoms. The van der Waals surface area contributed by atoms with Gasteiger partial charge in [-0.15, -0.1) is 0 Å². The number of nitrogens with one attached hydrogen (secondary N) is 2. The van der Waals surface area contributed by atoms with Gasteiger partial charge < -0.3 is 20.3 Å². The number of anilines is 2. The molecule has 1 amide bonds. The predicted molar refractivity (Wildman–Crippen MR) is 126 cm³/mol. The highest BCUT2D eigenvalue weighted by molar-refractivity contribution is 7.89. The molecule has 174 valence electrons. The van der Waals surface area contributed by atoms with E-state index in [-0.39, 0.29) is 17.3 Å². The second-order valence-corrected chi connectivity index (χ2v) is 9.44. The Morgan fingerprint density at radius 2 is 1.75 bits per heavy atom. The average Bonchev–Trinajstić information content (AvgIpc) is 2.81. The van der Waals surface area contributed by atoms with Crippen molar-refractivity contribution in [1.82, 2.24) is 9.62 Å². The van der Waals surface area contributed by atoms with Crippen molar-refractivity contribution in [3.63, 3.8) is 0 Å². The zero-order valence-electron chi connectivity index (χ0n) is 18.7. The first-order chi connectivity index (χ1) is 15.5. The van der Waals surface area contributed by atoms with Gasteiger partial charge in [0, 0.05) is 32.7 Å². The molecule has 2 aromatic carbocycles. The van der Waals surface area contributed by atoms with E-state index in [1.54, 1.807) is 18.2 Å². The smallest absolute Gasteiger partial charge is 0.243 e. The van der Waals surface area contributed by atoms with Crippen LogP contribution in [-0.4, -0.2) is 64.6 Å². The minimum absolute atomic E-state index is 0.116. The number of carbonyl (C=O) groups excluding carboxylic acids is 1. The van der Waals surface area contributed by atoms with Crippen LogP contribution in [0.5, 0.6) is 0 Å². The molecule has 0 atom stereocenters. The van der Waals surface area contributed by atoms with E-state index in [0.29, 0.717) is 51.6 Å². The summed E-state index contributed by atoms with van der Waals surface area (Å²) in [5, 5.41) is 6.04. The van der Waals surface area contributed by atoms with Crippen molar-refractivity contribution in [3.8, 4) is 0 Å². The first kappa shape index (κ1) is 24.2. The van der Waals surface area contributed by atoms with Crippen molar-refractivity contribution in [1.29, 1.82) is 0 Å². The van der Waals surface area contributed by atoms with Crippen molar-refractivity contribution in [2.45, 2.75) is 25.3 Å². The van der Waals surface area contributed by atoms with Gasteiger partial charge in [0.25, 0.3) is 0 Å². The molecular weight excluding hydrogens is 428 g/mol. The molecule has 1 saturated heterocycles. The second-order valence-electron chi connectivity index (χ2n) is 7.51. The third-order valence-electron chi connectivity index (χ3n) is 5.39. The molecule has 2 N–H and O–H groups in total. The first-order valence-corrected chi connectivity index (χ1v) is 12.4. The summed E-state index contributed by atoms with van der Waals surface area (Å²) in [6.45, 7) is 7.61. The number of carbonyl (C=O) groups is 1. The summed E-state index contributed by atoms with van der Waals surface area (Å²) in [4.78, 5) is 14.9. The summed E-state index contributed by atoms with van der Waals surface area (Å²) >= 11 is 0. The van der Waals surface area contributed by atoms with Crippen LogP contribution >= 0.6 is 0 Å². The molecule has 0 aromatic heterocycles. The molecule has 9 heteroatoms. The Kier molecular flexibility index (Phi) is 8.63. The lowest BCUT2D eigenvalue weighted by Crippen LogP contribution is -2.37. The summed E-state index contributed by atoms with van der Waals surface area (Å²) in [5.41, 5.74) is 2.37. The number of amides is 1. The maximum atomic E-state index is 13.0. The van der Waals surface area contributed by atoms with E-state index in [1.807, 2.05) is 44.2 Å². The maximum Gasteiger partial charge on any atom is 0.243 e. The van der Waals surface area contributed by atoms with Gasteiger partial charge in [-0.2, -0.15) is 4.31 Å². The van der Waals surface area contributed by atoms with Gasteiger partial charge >= 0.3 is 0 Å². The average molecular weight is 461 g/mol. The van der Waals surface area contributed by atoms with Gasteiger partial charge in [0.05, 0.1) is 36.0 Å². The highest BCUT2D eigenvalue weighted by Gasteiger charge is 2.24. The number of rotatable bonds is 10. The molecule has 8 nitrogen and oxygen atoms in total. The minimum Gasteiger partial charge on any atom is -0.378 e. The lowest BCUT2D eigenvalue weighted by molar-refractivity contribution is -0.115. The van der Waals surface area contributed by atoms with Gasteiger partial charge in [-0.1, -0.05) is 44.2 Å². The summed E-state index contributed by atoms with van der Waals surface area (Å²) in [5.74, 6) is -0.229. The van der Waals surface area contributed by atoms with Crippen molar-refractivity contribution in [3.05, 3.63) is 54.1 Å². The number of hydrogen-bond acceptors (Lipinski definition) is 6. The SMILES string of the molecule is CCN(CC)S(=O)(=O)c1ccc(N2CCOCC2)c(NC(=O)CNCc2ccccc2)c1. The molecule has 3 rings (SSSR count). The van der Waals surface area contributed by atoms with Crippen LogP contribution in [0, 0.1) is 0 Å². The molecule has 0 unspecified atom stereocenters. The van der Waals surface area contributed by atoms with Gasteiger partial charge in [-0.3, -0.25) is 4.79 Å². The van der Waals surface area contributed by atoms with Gasteiger partial charge in [0.1, 0.15) is 0 Å². The van der Waals surface area contributed by atoms with E-state index >= 15 is 0 Å². The summed E-state index contributed by atoms with van der Waals surface area (Å²) < 4.78 is 32.9. The Morgan fingerprint density at radius 1 is 1.06 bits per heavy atom. The quantitative estimate of drug-likeness (QED) is 0.565. The lowest BCUT2D eigenvalue weighted by atomic mass is 10.2. The van der Waals surface area contributed by atoms with Crippen molar-refractivity contribution in [2.24, 2.45) is 0 Å². The van der Waals surface area contributed by atoms with Crippen LogP contribution in [0.3, 0.4) is 0 Å². The minimum atomic E-state index is -3.64. The van der Waals surface area contributed by atoms with E-state index < -0.39 is 10.0 Å². The summed E-state index contributed by atoms with van der Waals surface area (Å²) in [6.07, 6.45) is 0. The standard InChI is InChI=1S/C23H32N4O4S/c1-3-27(4-2)32(29,30)20-10-11-22(26-12-14-31-15-13-26)21(16-20)25-23(28)18-24-17-19-8-6-5-7-9-19/h5-11,16,24H,3-4,12-15,17-18H2,1-2H3,(H,25,28). The Hall–Kier alpha value is -2.46. The van der Waals surface area contributed by atoms with Gasteiger partial charge in [0.2, 0.25) is 15.9 Å². The van der Waals surface area contributed by atoms with Crippen molar-refractivity contribution < 1.29 is 17.9 Å². The molecule has 0 saturated carbocycles. The number of ether oxygens (including phenoxy) is 1. The molecule has 0 spiro atoms. The van der Waals surface area contributed by atoms with Crippen LogP contribution in [0.2, 0.25) is 0 Å². The summed E-state index contributed by atoms with van der Waals surface area (Å²) in [6, 6.07) is 14.8. The molecular formula is C23H32N4O4S. The van der Waals surface area contributed by atoms with Gasteiger partial charge in [-0.05, 0) is 23.8 Å². The third kappa shape index (κ3) is 6.07. The van der Waals surface area contributed by atoms with Crippen LogP contribution in [-0.2, 0) is 26.1 Å². The summed E-state index contributed by atoms with van der Waals surface area (Å²) in [7, 11) is -3.64. The predicted octanol–water partition coefficient (Wildman–Crippen LogP) is 2.28. The number of sulfonamides is 1. The van der Waals surface area contributed by atoms with Crippen LogP contribution in [0.4, 0.5) is 11.4 Å². The number of nitrogens with zero attached hydrogens (tertiary/aromatic N) is 2. The zero-order valence-corrected chi connectivity index (χ0v) is 19.5. The molecule has 0 aliphatic carbocycles. The normalized spacial score (nSPS) is 14.5. The van der Waals surface area contributed by atoms with E-state index in [0.717, 1.165) is 11.3 Å². The number of morpholine rings is 1. The fourth-order valence-electron chi connectivity index (χ4n) is 3.68. The monoisotopic (exact) mass is 460 g/mol. The second kappa shape index (κ2) is 11.4. The highest BCUT2D eigenvalue weighted by Crippen LogP contribution is 2.31. The largest absolute Gasteiger partial charge is 0.378 e. The van der Waals surface area contributed by atoms with Crippen molar-refractivity contribution >= 4 is 27.3 Å². The first-order valence-electron chi connectivity index (χ1n) is 11.0. The van der Waals surface area contributed by atoms with Crippen LogP contribution in [0.1, 0.15) is 19.4 Å². The number of hydrogen-bond donors (Lipinski definition) is 2. The molecule has 1 aliphatic rings. The van der Waals surface area contributed by atoms with Crippen LogP contribution in [0.15, 0.2) is 53.4 Å². The molecule has 0 bridgehead atoms. The molecule has 1 fully saturated rings. The fraction of sp³-hybridized carbons (Fsp3) is 0.435. The molecule has 1 heterocycles. The molecule has 2 aromatic rings. The van der Waals surface area contributed by atoms with E-state index in [1.165, 1.54) is 4.31 Å². The zero-order chi connectivity index (χ0) is 23.0. The Labute approximate surface area is 190 Å². The van der Waals surface area contributed by atoms with Gasteiger partial charge in [0.15, 0.2) is 0 Å². The van der Waals surface area contributed by atoms with E-state index in [2.05, 4.69) is 15.5 Å². The molecule has 0 radical (unpaired) electrons. The fourth-order valence-corrected chi connectivity index (χ4v) is 5.16.